The summed E-state index contributed by atoms with van der Waals surface area (Å²) < 4.78 is 33.4. The summed E-state index contributed by atoms with van der Waals surface area (Å²) in [6.07, 6.45) is 0.0292. The van der Waals surface area contributed by atoms with Crippen LogP contribution in [0.5, 0.6) is 17.5 Å². The van der Waals surface area contributed by atoms with Gasteiger partial charge in [0.1, 0.15) is 18.2 Å². The zero-order valence-electron chi connectivity index (χ0n) is 19.4. The number of carboxylic acids is 1. The van der Waals surface area contributed by atoms with Gasteiger partial charge in [-0.15, -0.1) is 0 Å². The molecular weight excluding hydrogens is 465 g/mol. The van der Waals surface area contributed by atoms with E-state index in [4.69, 9.17) is 24.3 Å². The Morgan fingerprint density at radius 3 is 2.94 bits per heavy atom. The second kappa shape index (κ2) is 8.67. The van der Waals surface area contributed by atoms with Crippen molar-refractivity contribution >= 4 is 28.4 Å². The van der Waals surface area contributed by atoms with Crippen molar-refractivity contribution < 1.29 is 28.5 Å². The predicted molar refractivity (Wildman–Crippen MR) is 131 cm³/mol. The average molecular weight is 487 g/mol. The quantitative estimate of drug-likeness (QED) is 0.410. The predicted octanol–water partition coefficient (Wildman–Crippen LogP) is 5.03. The highest BCUT2D eigenvalue weighted by molar-refractivity contribution is 6.08. The van der Waals surface area contributed by atoms with E-state index in [9.17, 15) is 9.18 Å². The number of ether oxygens (including phenoxy) is 3. The molecule has 0 radical (unpaired) electrons. The Hall–Kier alpha value is -4.40. The second-order valence-corrected chi connectivity index (χ2v) is 8.62. The molecule has 0 spiro atoms. The lowest BCUT2D eigenvalue weighted by Gasteiger charge is -2.12. The van der Waals surface area contributed by atoms with Crippen molar-refractivity contribution in [2.45, 2.75) is 19.3 Å². The molecule has 1 atom stereocenters. The number of imidazole rings is 1. The summed E-state index contributed by atoms with van der Waals surface area (Å²) in [6.45, 7) is 2.88. The van der Waals surface area contributed by atoms with Crippen LogP contribution in [0, 0.1) is 5.82 Å². The van der Waals surface area contributed by atoms with Crippen LogP contribution in [0.2, 0.25) is 0 Å². The Balaban J connectivity index is 1.39. The minimum Gasteiger partial charge on any atom is -0.493 e. The number of carbonyl (C=O) groups is 1. The third kappa shape index (κ3) is 3.73. The van der Waals surface area contributed by atoms with E-state index in [2.05, 4.69) is 4.98 Å². The van der Waals surface area contributed by atoms with Gasteiger partial charge in [-0.2, -0.15) is 4.98 Å². The van der Waals surface area contributed by atoms with Crippen LogP contribution in [-0.4, -0.2) is 46.2 Å². The molecule has 0 saturated heterocycles. The molecule has 182 valence electrons. The molecule has 36 heavy (non-hydrogen) atoms. The van der Waals surface area contributed by atoms with Crippen LogP contribution in [0.3, 0.4) is 0 Å². The summed E-state index contributed by atoms with van der Waals surface area (Å²) in [6, 6.07) is 16.0. The highest BCUT2D eigenvalue weighted by atomic mass is 19.1. The molecule has 2 aliphatic heterocycles. The van der Waals surface area contributed by atoms with Gasteiger partial charge < -0.3 is 19.3 Å². The molecule has 8 nitrogen and oxygen atoms in total. The van der Waals surface area contributed by atoms with Gasteiger partial charge in [0.15, 0.2) is 5.75 Å². The number of aliphatic carboxylic acids is 1. The summed E-state index contributed by atoms with van der Waals surface area (Å²) in [5.41, 5.74) is 5.00. The van der Waals surface area contributed by atoms with Gasteiger partial charge in [-0.25, -0.2) is 9.38 Å². The summed E-state index contributed by atoms with van der Waals surface area (Å²) in [7, 11) is 0. The van der Waals surface area contributed by atoms with Crippen LogP contribution in [-0.2, 0) is 4.79 Å². The molecule has 0 unspecified atom stereocenters. The van der Waals surface area contributed by atoms with E-state index in [1.165, 1.54) is 12.1 Å². The van der Waals surface area contributed by atoms with E-state index >= 15 is 0 Å². The molecule has 9 heteroatoms. The fourth-order valence-electron chi connectivity index (χ4n) is 4.75. The smallest absolute Gasteiger partial charge is 0.304 e. The lowest BCUT2D eigenvalue weighted by Crippen LogP contribution is -2.07. The molecule has 0 amide bonds. The highest BCUT2D eigenvalue weighted by Crippen LogP contribution is 2.40. The number of benzene rings is 3. The molecular formula is C27H22FN3O5. The van der Waals surface area contributed by atoms with Crippen molar-refractivity contribution in [2.75, 3.05) is 19.8 Å². The molecule has 2 aliphatic rings. The summed E-state index contributed by atoms with van der Waals surface area (Å²) in [5.74, 6) is -0.111. The van der Waals surface area contributed by atoms with Gasteiger partial charge in [-0.1, -0.05) is 12.1 Å². The summed E-state index contributed by atoms with van der Waals surface area (Å²) in [4.78, 5) is 20.4. The molecule has 0 bridgehead atoms. The maximum Gasteiger partial charge on any atom is 0.304 e. The number of aromatic nitrogens is 2. The number of hydrogen-bond donors (Lipinski definition) is 1. The van der Waals surface area contributed by atoms with Crippen molar-refractivity contribution in [1.29, 1.82) is 0 Å². The molecule has 3 aromatic carbocycles. The first-order chi connectivity index (χ1) is 17.5. The standard InChI is InChI=1S/C27H22FN3O5/c1-2-34-27-30-20-9-6-16(28)11-23(20)31(27)22-5-3-4-19-21(14-36-26(19)22)29-17-7-8-18-15(10-25(32)33)13-35-24(18)12-17/h3-9,11-12,15H,2,10,13-14H2,1H3,(H,32,33)/t15-/m1/s1. The number of fused-ring (bicyclic) bond motifs is 3. The average Bonchev–Trinajstić information content (AvgIpc) is 3.54. The van der Waals surface area contributed by atoms with Crippen LogP contribution < -0.4 is 14.2 Å². The van der Waals surface area contributed by atoms with E-state index < -0.39 is 5.97 Å². The van der Waals surface area contributed by atoms with Gasteiger partial charge in [0.25, 0.3) is 0 Å². The first-order valence-electron chi connectivity index (χ1n) is 11.6. The van der Waals surface area contributed by atoms with Gasteiger partial charge in [-0.3, -0.25) is 9.36 Å². The number of aliphatic imine (C=N–C) groups is 1. The van der Waals surface area contributed by atoms with Crippen LogP contribution in [0.15, 0.2) is 59.6 Å². The molecule has 6 rings (SSSR count). The van der Waals surface area contributed by atoms with Crippen molar-refractivity contribution in [2.24, 2.45) is 4.99 Å². The third-order valence-corrected chi connectivity index (χ3v) is 6.32. The number of nitrogens with zero attached hydrogens (tertiary/aromatic N) is 3. The van der Waals surface area contributed by atoms with Crippen LogP contribution >= 0.6 is 0 Å². The van der Waals surface area contributed by atoms with Gasteiger partial charge >= 0.3 is 12.0 Å². The monoisotopic (exact) mass is 487 g/mol. The van der Waals surface area contributed by atoms with Crippen molar-refractivity contribution in [1.82, 2.24) is 9.55 Å². The minimum absolute atomic E-state index is 0.0292. The van der Waals surface area contributed by atoms with E-state index in [-0.39, 0.29) is 24.8 Å². The number of rotatable bonds is 6. The Kier molecular flexibility index (Phi) is 5.32. The Morgan fingerprint density at radius 2 is 2.11 bits per heavy atom. The molecule has 3 heterocycles. The number of carboxylic acid groups (broad SMARTS) is 1. The van der Waals surface area contributed by atoms with Crippen molar-refractivity contribution in [3.8, 4) is 23.2 Å². The molecule has 0 fully saturated rings. The zero-order valence-corrected chi connectivity index (χ0v) is 19.4. The SMILES string of the molecule is CCOc1nc2ccc(F)cc2n1-c1cccc2c1OCC2=Nc1ccc2c(c1)OC[C@H]2CC(=O)O. The van der Waals surface area contributed by atoms with Crippen molar-refractivity contribution in [3.05, 3.63) is 71.5 Å². The van der Waals surface area contributed by atoms with E-state index in [0.29, 0.717) is 53.1 Å². The Labute approximate surface area is 205 Å². The summed E-state index contributed by atoms with van der Waals surface area (Å²) >= 11 is 0. The first-order valence-corrected chi connectivity index (χ1v) is 11.6. The van der Waals surface area contributed by atoms with E-state index in [1.807, 2.05) is 43.3 Å². The van der Waals surface area contributed by atoms with Crippen LogP contribution in [0.1, 0.15) is 30.4 Å². The van der Waals surface area contributed by atoms with Gasteiger partial charge in [0.05, 0.1) is 47.8 Å². The fourth-order valence-corrected chi connectivity index (χ4v) is 4.75. The fraction of sp³-hybridized carbons (Fsp3) is 0.222. The Morgan fingerprint density at radius 1 is 1.22 bits per heavy atom. The second-order valence-electron chi connectivity index (χ2n) is 8.62. The number of hydrogen-bond acceptors (Lipinski definition) is 6. The minimum atomic E-state index is -0.850. The number of para-hydroxylation sites is 1. The molecule has 0 saturated carbocycles. The van der Waals surface area contributed by atoms with Crippen molar-refractivity contribution in [3.63, 3.8) is 0 Å². The van der Waals surface area contributed by atoms with Gasteiger partial charge in [0, 0.05) is 29.2 Å². The van der Waals surface area contributed by atoms with Gasteiger partial charge in [-0.05, 0) is 37.3 Å². The largest absolute Gasteiger partial charge is 0.493 e. The van der Waals surface area contributed by atoms with Gasteiger partial charge in [0.2, 0.25) is 0 Å². The van der Waals surface area contributed by atoms with Crippen LogP contribution in [0.25, 0.3) is 16.7 Å². The van der Waals surface area contributed by atoms with E-state index in [1.54, 1.807) is 10.6 Å². The van der Waals surface area contributed by atoms with E-state index in [0.717, 1.165) is 16.8 Å². The third-order valence-electron chi connectivity index (χ3n) is 6.32. The number of halogens is 1. The maximum absolute atomic E-state index is 14.1. The maximum atomic E-state index is 14.1. The normalized spacial score (nSPS) is 17.1. The zero-order chi connectivity index (χ0) is 24.8. The lowest BCUT2D eigenvalue weighted by atomic mass is 9.98. The highest BCUT2D eigenvalue weighted by Gasteiger charge is 2.28. The topological polar surface area (TPSA) is 95.2 Å². The molecule has 4 aromatic rings. The molecule has 1 N–H and O–H groups in total. The lowest BCUT2D eigenvalue weighted by molar-refractivity contribution is -0.137. The Bertz CT molecular complexity index is 1540. The molecule has 0 aliphatic carbocycles. The van der Waals surface area contributed by atoms with Crippen LogP contribution in [0.4, 0.5) is 10.1 Å². The summed E-state index contributed by atoms with van der Waals surface area (Å²) in [5, 5.41) is 9.12. The first kappa shape index (κ1) is 22.1. The molecule has 1 aromatic heterocycles.